The fourth-order valence-electron chi connectivity index (χ4n) is 2.64. The minimum Gasteiger partial charge on any atom is -0.443 e. The molecule has 0 saturated heterocycles. The van der Waals surface area contributed by atoms with E-state index in [2.05, 4.69) is 5.32 Å². The number of carbonyl (C=O) groups excluding carboxylic acids is 1. The van der Waals surface area contributed by atoms with Gasteiger partial charge in [-0.05, 0) is 30.3 Å². The van der Waals surface area contributed by atoms with Crippen LogP contribution in [0.25, 0.3) is 5.69 Å². The van der Waals surface area contributed by atoms with E-state index in [1.54, 1.807) is 31.3 Å². The van der Waals surface area contributed by atoms with Gasteiger partial charge in [-0.25, -0.2) is 9.48 Å². The Balaban J connectivity index is 1.68. The largest absolute Gasteiger partial charge is 0.443 e. The summed E-state index contributed by atoms with van der Waals surface area (Å²) in [6.45, 7) is -0.226. The van der Waals surface area contributed by atoms with Gasteiger partial charge in [-0.3, -0.25) is 14.8 Å². The number of halogens is 3. The zero-order valence-corrected chi connectivity index (χ0v) is 14.7. The van der Waals surface area contributed by atoms with Crippen molar-refractivity contribution in [3.8, 4) is 5.69 Å². The first-order valence-corrected chi connectivity index (χ1v) is 8.20. The zero-order valence-electron chi connectivity index (χ0n) is 14.7. The minimum absolute atomic E-state index is 0.0458. The van der Waals surface area contributed by atoms with Gasteiger partial charge >= 0.3 is 12.3 Å². The molecule has 0 fully saturated rings. The average Bonchev–Trinajstić information content (AvgIpc) is 2.94. The van der Waals surface area contributed by atoms with Gasteiger partial charge in [0, 0.05) is 18.8 Å². The van der Waals surface area contributed by atoms with Gasteiger partial charge in [0.1, 0.15) is 6.61 Å². The van der Waals surface area contributed by atoms with Crippen LogP contribution in [0.3, 0.4) is 0 Å². The van der Waals surface area contributed by atoms with E-state index in [9.17, 15) is 22.8 Å². The van der Waals surface area contributed by atoms with E-state index in [1.807, 2.05) is 6.07 Å². The Hall–Kier alpha value is -3.49. The summed E-state index contributed by atoms with van der Waals surface area (Å²) in [5.41, 5.74) is -0.156. The summed E-state index contributed by atoms with van der Waals surface area (Å²) < 4.78 is 46.1. The third-order valence-corrected chi connectivity index (χ3v) is 4.00. The van der Waals surface area contributed by atoms with Gasteiger partial charge in [0.05, 0.1) is 16.9 Å². The molecule has 0 saturated carbocycles. The molecule has 1 N–H and O–H groups in total. The Bertz CT molecular complexity index is 1040. The van der Waals surface area contributed by atoms with Crippen molar-refractivity contribution in [1.82, 2.24) is 9.36 Å². The summed E-state index contributed by atoms with van der Waals surface area (Å²) in [7, 11) is 1.64. The van der Waals surface area contributed by atoms with Crippen LogP contribution in [0.15, 0.2) is 65.5 Å². The molecule has 0 aliphatic heterocycles. The van der Waals surface area contributed by atoms with Crippen molar-refractivity contribution in [3.05, 3.63) is 82.3 Å². The second-order valence-electron chi connectivity index (χ2n) is 5.92. The maximum Gasteiger partial charge on any atom is 0.416 e. The predicted molar refractivity (Wildman–Crippen MR) is 96.3 cm³/mol. The summed E-state index contributed by atoms with van der Waals surface area (Å²) in [6.07, 6.45) is -5.44. The highest BCUT2D eigenvalue weighted by atomic mass is 19.4. The highest BCUT2D eigenvalue weighted by Crippen LogP contribution is 2.30. The molecular weight excluding hydrogens is 375 g/mol. The van der Waals surface area contributed by atoms with Gasteiger partial charge < -0.3 is 4.74 Å². The molecule has 0 unspecified atom stereocenters. The van der Waals surface area contributed by atoms with Crippen molar-refractivity contribution in [2.24, 2.45) is 7.05 Å². The van der Waals surface area contributed by atoms with Crippen LogP contribution in [0.4, 0.5) is 23.7 Å². The summed E-state index contributed by atoms with van der Waals surface area (Å²) in [5.74, 6) is 0. The van der Waals surface area contributed by atoms with E-state index < -0.39 is 17.8 Å². The van der Waals surface area contributed by atoms with Crippen molar-refractivity contribution in [2.45, 2.75) is 12.8 Å². The number of anilines is 1. The minimum atomic E-state index is -4.51. The number of aromatic nitrogens is 2. The van der Waals surface area contributed by atoms with Gasteiger partial charge in [0.2, 0.25) is 0 Å². The molecule has 3 aromatic rings. The number of benzene rings is 2. The Kier molecular flexibility index (Phi) is 5.25. The van der Waals surface area contributed by atoms with Gasteiger partial charge in [0.25, 0.3) is 5.56 Å². The normalized spacial score (nSPS) is 11.3. The number of hydrogen-bond donors (Lipinski definition) is 1. The van der Waals surface area contributed by atoms with Crippen LogP contribution in [0, 0.1) is 0 Å². The van der Waals surface area contributed by atoms with Crippen LogP contribution >= 0.6 is 0 Å². The number of nitrogens with one attached hydrogen (secondary N) is 1. The molecule has 6 nitrogen and oxygen atoms in total. The Morgan fingerprint density at radius 1 is 1.07 bits per heavy atom. The lowest BCUT2D eigenvalue weighted by atomic mass is 10.2. The third kappa shape index (κ3) is 4.25. The maximum atomic E-state index is 12.7. The van der Waals surface area contributed by atoms with Gasteiger partial charge in [0.15, 0.2) is 0 Å². The first-order chi connectivity index (χ1) is 13.3. The second kappa shape index (κ2) is 7.63. The topological polar surface area (TPSA) is 65.3 Å². The molecular formula is C19H16F3N3O3. The van der Waals surface area contributed by atoms with Gasteiger partial charge in [-0.15, -0.1) is 0 Å². The molecule has 146 valence electrons. The van der Waals surface area contributed by atoms with Crippen LogP contribution in [0.2, 0.25) is 0 Å². The lowest BCUT2D eigenvalue weighted by molar-refractivity contribution is -0.137. The monoisotopic (exact) mass is 391 g/mol. The number of carbonyl (C=O) groups is 1. The Morgan fingerprint density at radius 2 is 1.79 bits per heavy atom. The van der Waals surface area contributed by atoms with Crippen LogP contribution in [0.5, 0.6) is 0 Å². The summed E-state index contributed by atoms with van der Waals surface area (Å²) in [4.78, 5) is 24.1. The first kappa shape index (κ1) is 19.3. The number of rotatable bonds is 4. The zero-order chi connectivity index (χ0) is 20.3. The number of nitrogens with zero attached hydrogens (tertiary/aromatic N) is 2. The number of ether oxygens (including phenoxy) is 1. The number of para-hydroxylation sites is 1. The van der Waals surface area contributed by atoms with Crippen LogP contribution in [-0.2, 0) is 24.6 Å². The van der Waals surface area contributed by atoms with Crippen LogP contribution < -0.4 is 10.9 Å². The number of amides is 1. The Labute approximate surface area is 157 Å². The molecule has 2 aromatic carbocycles. The van der Waals surface area contributed by atoms with E-state index >= 15 is 0 Å². The van der Waals surface area contributed by atoms with Gasteiger partial charge in [-0.2, -0.15) is 13.2 Å². The fourth-order valence-corrected chi connectivity index (χ4v) is 2.64. The molecule has 1 aromatic heterocycles. The van der Waals surface area contributed by atoms with Crippen molar-refractivity contribution < 1.29 is 22.7 Å². The standard InChI is InChI=1S/C19H16F3N3O3/c1-24-16(11-17(26)25(24)15-8-3-2-4-9-15)12-28-18(27)23-14-7-5-6-13(10-14)19(20,21)22/h2-11H,12H2,1H3,(H,23,27). The first-order valence-electron chi connectivity index (χ1n) is 8.20. The van der Waals surface area contributed by atoms with Crippen molar-refractivity contribution in [1.29, 1.82) is 0 Å². The second-order valence-corrected chi connectivity index (χ2v) is 5.92. The summed E-state index contributed by atoms with van der Waals surface area (Å²) >= 11 is 0. The summed E-state index contributed by atoms with van der Waals surface area (Å²) in [6, 6.07) is 14.4. The van der Waals surface area contributed by atoms with Gasteiger partial charge in [-0.1, -0.05) is 24.3 Å². The van der Waals surface area contributed by atoms with Crippen LogP contribution in [-0.4, -0.2) is 15.5 Å². The molecule has 1 heterocycles. The average molecular weight is 391 g/mol. The van der Waals surface area contributed by atoms with Crippen molar-refractivity contribution in [2.75, 3.05) is 5.32 Å². The summed E-state index contributed by atoms with van der Waals surface area (Å²) in [5, 5.41) is 2.24. The van der Waals surface area contributed by atoms with Crippen LogP contribution in [0.1, 0.15) is 11.3 Å². The maximum absolute atomic E-state index is 12.7. The number of alkyl halides is 3. The fraction of sp³-hybridized carbons (Fsp3) is 0.158. The highest BCUT2D eigenvalue weighted by Gasteiger charge is 2.30. The molecule has 0 spiro atoms. The lowest BCUT2D eigenvalue weighted by Gasteiger charge is -2.12. The van der Waals surface area contributed by atoms with Crippen molar-refractivity contribution >= 4 is 11.8 Å². The molecule has 9 heteroatoms. The smallest absolute Gasteiger partial charge is 0.416 e. The molecule has 0 bridgehead atoms. The molecule has 1 amide bonds. The molecule has 0 radical (unpaired) electrons. The number of hydrogen-bond acceptors (Lipinski definition) is 3. The molecule has 0 aliphatic rings. The predicted octanol–water partition coefficient (Wildman–Crippen LogP) is 3.94. The molecule has 28 heavy (non-hydrogen) atoms. The van der Waals surface area contributed by atoms with E-state index in [0.717, 1.165) is 12.1 Å². The highest BCUT2D eigenvalue weighted by molar-refractivity contribution is 5.84. The van der Waals surface area contributed by atoms with Crippen molar-refractivity contribution in [3.63, 3.8) is 0 Å². The molecule has 3 rings (SSSR count). The quantitative estimate of drug-likeness (QED) is 0.733. The lowest BCUT2D eigenvalue weighted by Crippen LogP contribution is -2.20. The Morgan fingerprint density at radius 3 is 2.46 bits per heavy atom. The van der Waals surface area contributed by atoms with E-state index in [1.165, 1.54) is 27.6 Å². The van der Waals surface area contributed by atoms with E-state index in [4.69, 9.17) is 4.74 Å². The molecule has 0 aliphatic carbocycles. The SMILES string of the molecule is Cn1c(COC(=O)Nc2cccc(C(F)(F)F)c2)cc(=O)n1-c1ccccc1. The molecule has 0 atom stereocenters. The van der Waals surface area contributed by atoms with E-state index in [-0.39, 0.29) is 17.9 Å². The van der Waals surface area contributed by atoms with E-state index in [0.29, 0.717) is 11.4 Å². The third-order valence-electron chi connectivity index (χ3n) is 4.00.